The number of carbonyl (C=O) groups is 1. The van der Waals surface area contributed by atoms with Crippen molar-refractivity contribution in [3.05, 3.63) is 23.8 Å². The maximum Gasteiger partial charge on any atom is 0.284 e. The lowest BCUT2D eigenvalue weighted by molar-refractivity contribution is 0.0851. The Morgan fingerprint density at radius 2 is 2.13 bits per heavy atom. The molecular formula is C10H16N4O. The van der Waals surface area contributed by atoms with Gasteiger partial charge in [0.25, 0.3) is 5.91 Å². The Morgan fingerprint density at radius 1 is 1.47 bits per heavy atom. The zero-order valence-electron chi connectivity index (χ0n) is 9.48. The molecule has 0 aliphatic carbocycles. The molecule has 1 aromatic rings. The molecule has 0 saturated heterocycles. The van der Waals surface area contributed by atoms with Gasteiger partial charge >= 0.3 is 0 Å². The number of nitrogens with one attached hydrogen (secondary N) is 1. The first-order chi connectivity index (χ1) is 7.00. The third kappa shape index (κ3) is 3.28. The van der Waals surface area contributed by atoms with Gasteiger partial charge in [-0.2, -0.15) is 0 Å². The highest BCUT2D eigenvalue weighted by atomic mass is 16.2. The van der Waals surface area contributed by atoms with Crippen LogP contribution < -0.4 is 5.43 Å². The molecule has 0 unspecified atom stereocenters. The molecule has 82 valence electrons. The molecule has 1 N–H and O–H groups in total. The van der Waals surface area contributed by atoms with Crippen LogP contribution in [0.5, 0.6) is 0 Å². The molecule has 0 radical (unpaired) electrons. The topological polar surface area (TPSA) is 58.1 Å². The number of amides is 1. The van der Waals surface area contributed by atoms with E-state index in [0.717, 1.165) is 0 Å². The Balaban J connectivity index is 2.85. The van der Waals surface area contributed by atoms with Gasteiger partial charge in [0.15, 0.2) is 0 Å². The van der Waals surface area contributed by atoms with Gasteiger partial charge in [-0.3, -0.25) is 10.2 Å². The fourth-order valence-corrected chi connectivity index (χ4v) is 1.04. The smallest absolute Gasteiger partial charge is 0.284 e. The summed E-state index contributed by atoms with van der Waals surface area (Å²) in [7, 11) is 3.50. The van der Waals surface area contributed by atoms with Crippen LogP contribution in [0.2, 0.25) is 0 Å². The summed E-state index contributed by atoms with van der Waals surface area (Å²) in [6, 6.07) is 1.60. The van der Waals surface area contributed by atoms with Gasteiger partial charge < -0.3 is 0 Å². The SMILES string of the molecule is CC(C)c1nccc(C(=O)NN(C)C)n1. The van der Waals surface area contributed by atoms with Crippen molar-refractivity contribution < 1.29 is 4.79 Å². The highest BCUT2D eigenvalue weighted by Gasteiger charge is 2.10. The highest BCUT2D eigenvalue weighted by Crippen LogP contribution is 2.07. The van der Waals surface area contributed by atoms with Crippen molar-refractivity contribution >= 4 is 5.91 Å². The molecular weight excluding hydrogens is 192 g/mol. The Labute approximate surface area is 89.5 Å². The number of nitrogens with zero attached hydrogens (tertiary/aromatic N) is 3. The Hall–Kier alpha value is -1.49. The molecule has 0 spiro atoms. The number of carbonyl (C=O) groups excluding carboxylic acids is 1. The molecule has 5 nitrogen and oxygen atoms in total. The van der Waals surface area contributed by atoms with Gasteiger partial charge in [-0.05, 0) is 6.07 Å². The molecule has 0 saturated carbocycles. The normalized spacial score (nSPS) is 10.8. The monoisotopic (exact) mass is 208 g/mol. The minimum absolute atomic E-state index is 0.218. The molecule has 5 heteroatoms. The number of hydrogen-bond acceptors (Lipinski definition) is 4. The van der Waals surface area contributed by atoms with Crippen LogP contribution in [0.15, 0.2) is 12.3 Å². The van der Waals surface area contributed by atoms with Gasteiger partial charge in [0.2, 0.25) is 0 Å². The molecule has 15 heavy (non-hydrogen) atoms. The van der Waals surface area contributed by atoms with E-state index in [-0.39, 0.29) is 11.8 Å². The van der Waals surface area contributed by atoms with Crippen molar-refractivity contribution in [2.75, 3.05) is 14.1 Å². The predicted octanol–water partition coefficient (Wildman–Crippen LogP) is 0.806. The molecule has 1 amide bonds. The molecule has 0 fully saturated rings. The van der Waals surface area contributed by atoms with E-state index in [1.807, 2.05) is 13.8 Å². The van der Waals surface area contributed by atoms with Crippen molar-refractivity contribution in [1.29, 1.82) is 0 Å². The van der Waals surface area contributed by atoms with Gasteiger partial charge in [0, 0.05) is 26.2 Å². The standard InChI is InChI=1S/C10H16N4O/c1-7(2)9-11-6-5-8(12-9)10(15)13-14(3)4/h5-7H,1-4H3,(H,13,15). The van der Waals surface area contributed by atoms with E-state index in [0.29, 0.717) is 11.5 Å². The molecule has 1 rings (SSSR count). The summed E-state index contributed by atoms with van der Waals surface area (Å²) in [5, 5.41) is 1.58. The summed E-state index contributed by atoms with van der Waals surface area (Å²) < 4.78 is 0. The third-order valence-electron chi connectivity index (χ3n) is 1.75. The van der Waals surface area contributed by atoms with E-state index in [2.05, 4.69) is 15.4 Å². The molecule has 1 aromatic heterocycles. The van der Waals surface area contributed by atoms with E-state index in [1.165, 1.54) is 0 Å². The lowest BCUT2D eigenvalue weighted by Crippen LogP contribution is -2.36. The van der Waals surface area contributed by atoms with Crippen molar-refractivity contribution in [3.8, 4) is 0 Å². The third-order valence-corrected chi connectivity index (χ3v) is 1.75. The van der Waals surface area contributed by atoms with Crippen LogP contribution in [0.4, 0.5) is 0 Å². The van der Waals surface area contributed by atoms with Crippen LogP contribution in [-0.2, 0) is 0 Å². The molecule has 0 aliphatic heterocycles. The lowest BCUT2D eigenvalue weighted by Gasteiger charge is -2.11. The quantitative estimate of drug-likeness (QED) is 0.747. The van der Waals surface area contributed by atoms with Crippen LogP contribution in [0, 0.1) is 0 Å². The average molecular weight is 208 g/mol. The average Bonchev–Trinajstić information content (AvgIpc) is 2.17. The summed E-state index contributed by atoms with van der Waals surface area (Å²) in [6.07, 6.45) is 1.60. The van der Waals surface area contributed by atoms with E-state index in [1.54, 1.807) is 31.4 Å². The van der Waals surface area contributed by atoms with Crippen LogP contribution in [-0.4, -0.2) is 35.0 Å². The van der Waals surface area contributed by atoms with Gasteiger partial charge in [0.05, 0.1) is 0 Å². The number of aromatic nitrogens is 2. The van der Waals surface area contributed by atoms with E-state index in [9.17, 15) is 4.79 Å². The summed E-state index contributed by atoms with van der Waals surface area (Å²) in [5.41, 5.74) is 3.02. The van der Waals surface area contributed by atoms with Crippen LogP contribution in [0.25, 0.3) is 0 Å². The van der Waals surface area contributed by atoms with E-state index >= 15 is 0 Å². The van der Waals surface area contributed by atoms with Crippen molar-refractivity contribution in [1.82, 2.24) is 20.4 Å². The van der Waals surface area contributed by atoms with Crippen LogP contribution >= 0.6 is 0 Å². The lowest BCUT2D eigenvalue weighted by atomic mass is 10.2. The van der Waals surface area contributed by atoms with Crippen LogP contribution in [0.1, 0.15) is 36.1 Å². The second kappa shape index (κ2) is 4.84. The first-order valence-corrected chi connectivity index (χ1v) is 4.82. The second-order valence-corrected chi connectivity index (χ2v) is 3.79. The molecule has 0 atom stereocenters. The zero-order chi connectivity index (χ0) is 11.4. The molecule has 1 heterocycles. The Kier molecular flexibility index (Phi) is 3.74. The van der Waals surface area contributed by atoms with E-state index in [4.69, 9.17) is 0 Å². The molecule has 0 aliphatic rings. The van der Waals surface area contributed by atoms with Crippen molar-refractivity contribution in [3.63, 3.8) is 0 Å². The van der Waals surface area contributed by atoms with Gasteiger partial charge in [0.1, 0.15) is 11.5 Å². The summed E-state index contributed by atoms with van der Waals surface area (Å²) in [6.45, 7) is 3.98. The van der Waals surface area contributed by atoms with E-state index < -0.39 is 0 Å². The van der Waals surface area contributed by atoms with Gasteiger partial charge in [-0.15, -0.1) is 0 Å². The summed E-state index contributed by atoms with van der Waals surface area (Å²) in [5.74, 6) is 0.683. The number of hydrazine groups is 1. The zero-order valence-corrected chi connectivity index (χ0v) is 9.48. The van der Waals surface area contributed by atoms with Gasteiger partial charge in [-0.1, -0.05) is 13.8 Å². The predicted molar refractivity (Wildman–Crippen MR) is 57.3 cm³/mol. The maximum atomic E-state index is 11.6. The maximum absolute atomic E-state index is 11.6. The first-order valence-electron chi connectivity index (χ1n) is 4.82. The van der Waals surface area contributed by atoms with Crippen molar-refractivity contribution in [2.45, 2.75) is 19.8 Å². The first kappa shape index (κ1) is 11.6. The largest absolute Gasteiger partial charge is 0.284 e. The van der Waals surface area contributed by atoms with Gasteiger partial charge in [-0.25, -0.2) is 15.0 Å². The summed E-state index contributed by atoms with van der Waals surface area (Å²) in [4.78, 5) is 19.9. The molecule has 0 aromatic carbocycles. The second-order valence-electron chi connectivity index (χ2n) is 3.79. The van der Waals surface area contributed by atoms with Crippen molar-refractivity contribution in [2.24, 2.45) is 0 Å². The minimum Gasteiger partial charge on any atom is -0.284 e. The minimum atomic E-state index is -0.218. The Morgan fingerprint density at radius 3 is 2.67 bits per heavy atom. The Bertz CT molecular complexity index is 349. The fraction of sp³-hybridized carbons (Fsp3) is 0.500. The number of hydrogen-bond donors (Lipinski definition) is 1. The fourth-order valence-electron chi connectivity index (χ4n) is 1.04. The summed E-state index contributed by atoms with van der Waals surface area (Å²) >= 11 is 0. The molecule has 0 bridgehead atoms. The van der Waals surface area contributed by atoms with Crippen LogP contribution in [0.3, 0.4) is 0 Å². The highest BCUT2D eigenvalue weighted by molar-refractivity contribution is 5.91. The number of rotatable bonds is 3.